The highest BCUT2D eigenvalue weighted by atomic mass is 35.5. The molecular formula is C18H15ClO. The van der Waals surface area contributed by atoms with Gasteiger partial charge in [0.25, 0.3) is 0 Å². The molecule has 1 N–H and O–H groups in total. The number of rotatable bonds is 2. The number of hydrogen-bond donors (Lipinski definition) is 1. The van der Waals surface area contributed by atoms with Crippen LogP contribution < -0.4 is 0 Å². The van der Waals surface area contributed by atoms with Crippen LogP contribution in [-0.2, 0) is 5.60 Å². The molecule has 20 heavy (non-hydrogen) atoms. The van der Waals surface area contributed by atoms with Crippen molar-refractivity contribution < 1.29 is 5.11 Å². The number of benzene rings is 3. The minimum absolute atomic E-state index is 0.670. The summed E-state index contributed by atoms with van der Waals surface area (Å²) in [5, 5.41) is 13.8. The van der Waals surface area contributed by atoms with Crippen molar-refractivity contribution in [1.29, 1.82) is 0 Å². The minimum atomic E-state index is -1.03. The molecule has 0 radical (unpaired) electrons. The summed E-state index contributed by atoms with van der Waals surface area (Å²) >= 11 is 5.90. The molecule has 3 rings (SSSR count). The van der Waals surface area contributed by atoms with Crippen molar-refractivity contribution in [1.82, 2.24) is 0 Å². The lowest BCUT2D eigenvalue weighted by Gasteiger charge is -2.25. The fourth-order valence-corrected chi connectivity index (χ4v) is 2.56. The van der Waals surface area contributed by atoms with Gasteiger partial charge in [-0.1, -0.05) is 60.1 Å². The van der Waals surface area contributed by atoms with Crippen molar-refractivity contribution in [3.05, 3.63) is 82.9 Å². The fourth-order valence-electron chi connectivity index (χ4n) is 2.43. The lowest BCUT2D eigenvalue weighted by atomic mass is 9.87. The van der Waals surface area contributed by atoms with Gasteiger partial charge >= 0.3 is 0 Å². The second kappa shape index (κ2) is 4.93. The third-order valence-corrected chi connectivity index (χ3v) is 3.97. The minimum Gasteiger partial charge on any atom is -0.381 e. The van der Waals surface area contributed by atoms with E-state index in [-0.39, 0.29) is 0 Å². The largest absolute Gasteiger partial charge is 0.381 e. The van der Waals surface area contributed by atoms with Gasteiger partial charge in [-0.25, -0.2) is 0 Å². The molecule has 0 fully saturated rings. The Morgan fingerprint density at radius 3 is 2.10 bits per heavy atom. The summed E-state index contributed by atoms with van der Waals surface area (Å²) in [5.74, 6) is 0. The average molecular weight is 283 g/mol. The second-order valence-corrected chi connectivity index (χ2v) is 5.58. The molecule has 0 aromatic heterocycles. The van der Waals surface area contributed by atoms with E-state index in [0.29, 0.717) is 5.02 Å². The van der Waals surface area contributed by atoms with Crippen molar-refractivity contribution in [3.8, 4) is 0 Å². The van der Waals surface area contributed by atoms with Crippen LogP contribution in [-0.4, -0.2) is 5.11 Å². The average Bonchev–Trinajstić information content (AvgIpc) is 2.47. The first-order chi connectivity index (χ1) is 9.57. The van der Waals surface area contributed by atoms with E-state index in [1.54, 1.807) is 19.1 Å². The van der Waals surface area contributed by atoms with Crippen molar-refractivity contribution >= 4 is 22.4 Å². The molecule has 2 heteroatoms. The highest BCUT2D eigenvalue weighted by Crippen LogP contribution is 2.31. The van der Waals surface area contributed by atoms with Crippen molar-refractivity contribution in [2.75, 3.05) is 0 Å². The molecule has 1 atom stereocenters. The Labute approximate surface area is 123 Å². The molecule has 3 aromatic rings. The first kappa shape index (κ1) is 13.2. The summed E-state index contributed by atoms with van der Waals surface area (Å²) in [5.41, 5.74) is 0.671. The van der Waals surface area contributed by atoms with Gasteiger partial charge in [-0.15, -0.1) is 0 Å². The van der Waals surface area contributed by atoms with Gasteiger partial charge in [-0.2, -0.15) is 0 Å². The van der Waals surface area contributed by atoms with E-state index in [9.17, 15) is 5.11 Å². The van der Waals surface area contributed by atoms with Crippen molar-refractivity contribution in [2.24, 2.45) is 0 Å². The second-order valence-electron chi connectivity index (χ2n) is 5.14. The standard InChI is InChI=1S/C18H15ClO/c1-18(20,15-8-10-17(19)11-9-15)16-7-6-13-4-2-3-5-14(13)12-16/h2-12,20H,1H3. The molecule has 1 unspecified atom stereocenters. The van der Waals surface area contributed by atoms with E-state index in [0.717, 1.165) is 16.5 Å². The SMILES string of the molecule is CC(O)(c1ccc(Cl)cc1)c1ccc2ccccc2c1. The molecular weight excluding hydrogens is 268 g/mol. The maximum absolute atomic E-state index is 10.9. The predicted molar refractivity (Wildman–Crippen MR) is 84.1 cm³/mol. The molecule has 0 saturated heterocycles. The summed E-state index contributed by atoms with van der Waals surface area (Å²) in [6.45, 7) is 1.81. The van der Waals surface area contributed by atoms with Gasteiger partial charge in [-0.05, 0) is 47.0 Å². The molecule has 100 valence electrons. The number of aliphatic hydroxyl groups is 1. The van der Waals surface area contributed by atoms with E-state index >= 15 is 0 Å². The Bertz CT molecular complexity index is 745. The van der Waals surface area contributed by atoms with E-state index in [4.69, 9.17) is 11.6 Å². The molecule has 3 aromatic carbocycles. The van der Waals surface area contributed by atoms with Crippen LogP contribution in [0.2, 0.25) is 5.02 Å². The Balaban J connectivity index is 2.10. The monoisotopic (exact) mass is 282 g/mol. The molecule has 0 saturated carbocycles. The molecule has 0 aliphatic rings. The third-order valence-electron chi connectivity index (χ3n) is 3.72. The normalized spacial score (nSPS) is 14.2. The zero-order valence-corrected chi connectivity index (χ0v) is 11.9. The van der Waals surface area contributed by atoms with Crippen molar-refractivity contribution in [3.63, 3.8) is 0 Å². The van der Waals surface area contributed by atoms with Crippen LogP contribution in [0.1, 0.15) is 18.1 Å². The van der Waals surface area contributed by atoms with Crippen molar-refractivity contribution in [2.45, 2.75) is 12.5 Å². The summed E-state index contributed by atoms with van der Waals surface area (Å²) in [6, 6.07) is 21.5. The van der Waals surface area contributed by atoms with Gasteiger partial charge < -0.3 is 5.11 Å². The smallest absolute Gasteiger partial charge is 0.112 e. The quantitative estimate of drug-likeness (QED) is 0.719. The van der Waals surface area contributed by atoms with Crippen LogP contribution in [0.4, 0.5) is 0 Å². The highest BCUT2D eigenvalue weighted by molar-refractivity contribution is 6.30. The Kier molecular flexibility index (Phi) is 3.25. The lowest BCUT2D eigenvalue weighted by Crippen LogP contribution is -2.22. The number of hydrogen-bond acceptors (Lipinski definition) is 1. The fraction of sp³-hybridized carbons (Fsp3) is 0.111. The first-order valence-corrected chi connectivity index (χ1v) is 6.93. The van der Waals surface area contributed by atoms with Crippen LogP contribution >= 0.6 is 11.6 Å². The van der Waals surface area contributed by atoms with Gasteiger partial charge in [0.05, 0.1) is 0 Å². The predicted octanol–water partition coefficient (Wildman–Crippen LogP) is 4.75. The van der Waals surface area contributed by atoms with Crippen LogP contribution in [0.15, 0.2) is 66.7 Å². The van der Waals surface area contributed by atoms with Gasteiger partial charge in [-0.3, -0.25) is 0 Å². The van der Waals surface area contributed by atoms with Crippen LogP contribution in [0.3, 0.4) is 0 Å². The van der Waals surface area contributed by atoms with Gasteiger partial charge in [0, 0.05) is 5.02 Å². The molecule has 0 aliphatic heterocycles. The van der Waals surface area contributed by atoms with E-state index < -0.39 is 5.60 Å². The molecule has 0 aliphatic carbocycles. The molecule has 0 heterocycles. The van der Waals surface area contributed by atoms with Gasteiger partial charge in [0.2, 0.25) is 0 Å². The molecule has 1 nitrogen and oxygen atoms in total. The summed E-state index contributed by atoms with van der Waals surface area (Å²) in [7, 11) is 0. The third kappa shape index (κ3) is 2.31. The lowest BCUT2D eigenvalue weighted by molar-refractivity contribution is 0.102. The van der Waals surface area contributed by atoms with Crippen LogP contribution in [0, 0.1) is 0 Å². The number of fused-ring (bicyclic) bond motifs is 1. The molecule has 0 amide bonds. The topological polar surface area (TPSA) is 20.2 Å². The Morgan fingerprint density at radius 2 is 1.40 bits per heavy atom. The van der Waals surface area contributed by atoms with Crippen LogP contribution in [0.25, 0.3) is 10.8 Å². The molecule has 0 spiro atoms. The van der Waals surface area contributed by atoms with E-state index in [2.05, 4.69) is 12.1 Å². The maximum atomic E-state index is 10.9. The summed E-state index contributed by atoms with van der Waals surface area (Å²) in [6.07, 6.45) is 0. The summed E-state index contributed by atoms with van der Waals surface area (Å²) in [4.78, 5) is 0. The first-order valence-electron chi connectivity index (χ1n) is 6.55. The number of halogens is 1. The Hall–Kier alpha value is -1.83. The zero-order chi connectivity index (χ0) is 14.2. The highest BCUT2D eigenvalue weighted by Gasteiger charge is 2.25. The zero-order valence-electron chi connectivity index (χ0n) is 11.2. The van der Waals surface area contributed by atoms with Gasteiger partial charge in [0.15, 0.2) is 0 Å². The maximum Gasteiger partial charge on any atom is 0.112 e. The van der Waals surface area contributed by atoms with Crippen LogP contribution in [0.5, 0.6) is 0 Å². The molecule has 0 bridgehead atoms. The summed E-state index contributed by atoms with van der Waals surface area (Å²) < 4.78 is 0. The Morgan fingerprint density at radius 1 is 0.800 bits per heavy atom. The van der Waals surface area contributed by atoms with Gasteiger partial charge in [0.1, 0.15) is 5.60 Å². The van der Waals surface area contributed by atoms with E-state index in [1.165, 1.54) is 5.39 Å². The van der Waals surface area contributed by atoms with E-state index in [1.807, 2.05) is 42.5 Å².